The zero-order valence-electron chi connectivity index (χ0n) is 17.2. The van der Waals surface area contributed by atoms with Crippen LogP contribution in [0.3, 0.4) is 0 Å². The lowest BCUT2D eigenvalue weighted by molar-refractivity contribution is -0.119. The molecule has 0 aliphatic heterocycles. The van der Waals surface area contributed by atoms with E-state index in [0.717, 1.165) is 10.2 Å². The molecule has 0 aliphatic carbocycles. The molecule has 3 rings (SSSR count). The van der Waals surface area contributed by atoms with Gasteiger partial charge in [-0.3, -0.25) is 19.4 Å². The summed E-state index contributed by atoms with van der Waals surface area (Å²) in [5.41, 5.74) is 1.56. The predicted molar refractivity (Wildman–Crippen MR) is 116 cm³/mol. The minimum atomic E-state index is -0.817. The van der Waals surface area contributed by atoms with Crippen molar-refractivity contribution in [1.29, 1.82) is 0 Å². The minimum absolute atomic E-state index is 0.115. The van der Waals surface area contributed by atoms with E-state index < -0.39 is 6.04 Å². The number of anilines is 1. The topological polar surface area (TPSA) is 115 Å². The third kappa shape index (κ3) is 5.99. The molecule has 0 spiro atoms. The summed E-state index contributed by atoms with van der Waals surface area (Å²) in [7, 11) is 0. The van der Waals surface area contributed by atoms with E-state index in [9.17, 15) is 14.4 Å². The van der Waals surface area contributed by atoms with Gasteiger partial charge in [0.2, 0.25) is 11.8 Å². The lowest BCUT2D eigenvalue weighted by Gasteiger charge is -2.15. The molecule has 31 heavy (non-hydrogen) atoms. The van der Waals surface area contributed by atoms with Crippen molar-refractivity contribution in [3.05, 3.63) is 71.3 Å². The van der Waals surface area contributed by atoms with Gasteiger partial charge in [0.1, 0.15) is 18.4 Å². The molecule has 2 aromatic heterocycles. The number of nitrogens with zero attached hydrogens (tertiary/aromatic N) is 3. The van der Waals surface area contributed by atoms with Gasteiger partial charge >= 0.3 is 0 Å². The van der Waals surface area contributed by atoms with E-state index in [4.69, 9.17) is 4.74 Å². The average Bonchev–Trinajstić information content (AvgIpc) is 2.78. The zero-order chi connectivity index (χ0) is 22.2. The fourth-order valence-electron chi connectivity index (χ4n) is 2.77. The molecule has 0 fully saturated rings. The van der Waals surface area contributed by atoms with Crippen LogP contribution in [-0.2, 0) is 9.59 Å². The smallest absolute Gasteiger partial charge is 0.267 e. The van der Waals surface area contributed by atoms with Gasteiger partial charge in [-0.15, -0.1) is 0 Å². The van der Waals surface area contributed by atoms with Gasteiger partial charge < -0.3 is 15.4 Å². The Labute approximate surface area is 179 Å². The van der Waals surface area contributed by atoms with Crippen LogP contribution in [0.25, 0.3) is 11.3 Å². The summed E-state index contributed by atoms with van der Waals surface area (Å²) < 4.78 is 6.67. The number of aromatic nitrogens is 3. The first-order chi connectivity index (χ1) is 14.9. The summed E-state index contributed by atoms with van der Waals surface area (Å²) in [6.45, 7) is 3.80. The predicted octanol–water partition coefficient (Wildman–Crippen LogP) is 2.02. The van der Waals surface area contributed by atoms with E-state index in [2.05, 4.69) is 20.7 Å². The molecule has 2 N–H and O–H groups in total. The number of hydrogen-bond acceptors (Lipinski definition) is 6. The molecule has 3 aromatic rings. The van der Waals surface area contributed by atoms with Gasteiger partial charge in [0.25, 0.3) is 5.56 Å². The van der Waals surface area contributed by atoms with Gasteiger partial charge in [0, 0.05) is 36.6 Å². The normalized spacial score (nSPS) is 11.4. The number of amides is 2. The number of pyridine rings is 1. The number of rotatable bonds is 8. The molecule has 9 heteroatoms. The maximum atomic E-state index is 12.7. The van der Waals surface area contributed by atoms with Crippen molar-refractivity contribution in [2.75, 3.05) is 18.5 Å². The highest BCUT2D eigenvalue weighted by atomic mass is 16.5. The Bertz CT molecular complexity index is 1100. The van der Waals surface area contributed by atoms with E-state index in [1.165, 1.54) is 13.0 Å². The van der Waals surface area contributed by atoms with Crippen LogP contribution in [0.2, 0.25) is 0 Å². The molecular weight excluding hydrogens is 398 g/mol. The maximum Gasteiger partial charge on any atom is 0.267 e. The van der Waals surface area contributed by atoms with Crippen LogP contribution in [0.15, 0.2) is 65.7 Å². The summed E-state index contributed by atoms with van der Waals surface area (Å²) in [6.07, 6.45) is 3.27. The number of benzene rings is 1. The molecule has 1 unspecified atom stereocenters. The second kappa shape index (κ2) is 10.1. The average molecular weight is 421 g/mol. The van der Waals surface area contributed by atoms with Crippen LogP contribution in [-0.4, -0.2) is 39.7 Å². The van der Waals surface area contributed by atoms with Gasteiger partial charge in [0.15, 0.2) is 0 Å². The Hall–Kier alpha value is -4.01. The standard InChI is InChI=1S/C22H23N5O4/c1-15(27-21(29)8-7-20(26-27)17-9-11-23-12-10-17)22(30)25-18-3-5-19(6-4-18)31-14-13-24-16(2)28/h3-12,15H,13-14H2,1-2H3,(H,24,28)(H,25,30). The molecule has 160 valence electrons. The monoisotopic (exact) mass is 421 g/mol. The second-order valence-electron chi connectivity index (χ2n) is 6.76. The van der Waals surface area contributed by atoms with E-state index >= 15 is 0 Å². The SMILES string of the molecule is CC(=O)NCCOc1ccc(NC(=O)C(C)n2nc(-c3ccncc3)ccc2=O)cc1. The first-order valence-corrected chi connectivity index (χ1v) is 9.72. The molecule has 0 aliphatic rings. The van der Waals surface area contributed by atoms with Gasteiger partial charge in [-0.1, -0.05) is 0 Å². The quantitative estimate of drug-likeness (QED) is 0.538. The van der Waals surface area contributed by atoms with Gasteiger partial charge in [-0.2, -0.15) is 5.10 Å². The Kier molecular flexibility index (Phi) is 7.10. The number of ether oxygens (including phenoxy) is 1. The van der Waals surface area contributed by atoms with Crippen molar-refractivity contribution < 1.29 is 14.3 Å². The molecule has 0 bridgehead atoms. The van der Waals surface area contributed by atoms with Gasteiger partial charge in [0.05, 0.1) is 12.2 Å². The molecule has 0 radical (unpaired) electrons. The molecule has 0 saturated carbocycles. The van der Waals surface area contributed by atoms with Crippen molar-refractivity contribution in [3.63, 3.8) is 0 Å². The Morgan fingerprint density at radius 3 is 2.45 bits per heavy atom. The summed E-state index contributed by atoms with van der Waals surface area (Å²) in [4.78, 5) is 39.8. The number of nitrogens with one attached hydrogen (secondary N) is 2. The van der Waals surface area contributed by atoms with Crippen LogP contribution in [0.1, 0.15) is 19.9 Å². The molecule has 0 saturated heterocycles. The zero-order valence-corrected chi connectivity index (χ0v) is 17.2. The number of carbonyl (C=O) groups excluding carboxylic acids is 2. The fourth-order valence-corrected chi connectivity index (χ4v) is 2.77. The van der Waals surface area contributed by atoms with Gasteiger partial charge in [-0.25, -0.2) is 4.68 Å². The first kappa shape index (κ1) is 21.7. The molecular formula is C22H23N5O4. The molecule has 1 atom stereocenters. The third-order valence-corrected chi connectivity index (χ3v) is 4.41. The van der Waals surface area contributed by atoms with Crippen LogP contribution in [0, 0.1) is 0 Å². The lowest BCUT2D eigenvalue weighted by Crippen LogP contribution is -2.33. The molecule has 2 amide bonds. The largest absolute Gasteiger partial charge is 0.492 e. The molecule has 1 aromatic carbocycles. The van der Waals surface area contributed by atoms with Gasteiger partial charge in [-0.05, 0) is 49.4 Å². The Morgan fingerprint density at radius 2 is 1.77 bits per heavy atom. The van der Waals surface area contributed by atoms with E-state index in [0.29, 0.717) is 30.3 Å². The van der Waals surface area contributed by atoms with Crippen LogP contribution in [0.4, 0.5) is 5.69 Å². The lowest BCUT2D eigenvalue weighted by atomic mass is 10.2. The number of hydrogen-bond donors (Lipinski definition) is 2. The van der Waals surface area contributed by atoms with Crippen molar-refractivity contribution >= 4 is 17.5 Å². The van der Waals surface area contributed by atoms with E-state index in [1.54, 1.807) is 61.8 Å². The van der Waals surface area contributed by atoms with Crippen LogP contribution >= 0.6 is 0 Å². The van der Waals surface area contributed by atoms with Crippen molar-refractivity contribution in [1.82, 2.24) is 20.1 Å². The number of carbonyl (C=O) groups is 2. The highest BCUT2D eigenvalue weighted by molar-refractivity contribution is 5.93. The Balaban J connectivity index is 1.64. The molecule has 2 heterocycles. The highest BCUT2D eigenvalue weighted by Gasteiger charge is 2.18. The van der Waals surface area contributed by atoms with E-state index in [1.807, 2.05) is 0 Å². The summed E-state index contributed by atoms with van der Waals surface area (Å²) in [5.74, 6) is 0.121. The second-order valence-corrected chi connectivity index (χ2v) is 6.76. The maximum absolute atomic E-state index is 12.7. The summed E-state index contributed by atoms with van der Waals surface area (Å²) >= 11 is 0. The highest BCUT2D eigenvalue weighted by Crippen LogP contribution is 2.18. The minimum Gasteiger partial charge on any atom is -0.492 e. The fraction of sp³-hybridized carbons (Fsp3) is 0.227. The van der Waals surface area contributed by atoms with Crippen LogP contribution < -0.4 is 20.9 Å². The van der Waals surface area contributed by atoms with Crippen molar-refractivity contribution in [2.45, 2.75) is 19.9 Å². The first-order valence-electron chi connectivity index (χ1n) is 9.72. The van der Waals surface area contributed by atoms with Crippen molar-refractivity contribution in [3.8, 4) is 17.0 Å². The summed E-state index contributed by atoms with van der Waals surface area (Å²) in [6, 6.07) is 12.6. The summed E-state index contributed by atoms with van der Waals surface area (Å²) in [5, 5.41) is 9.76. The third-order valence-electron chi connectivity index (χ3n) is 4.41. The molecule has 9 nitrogen and oxygen atoms in total. The Morgan fingerprint density at radius 1 is 1.06 bits per heavy atom. The van der Waals surface area contributed by atoms with Crippen LogP contribution in [0.5, 0.6) is 5.75 Å². The van der Waals surface area contributed by atoms with E-state index in [-0.39, 0.29) is 17.4 Å². The van der Waals surface area contributed by atoms with Crippen molar-refractivity contribution in [2.24, 2.45) is 0 Å².